The van der Waals surface area contributed by atoms with E-state index >= 15 is 0 Å². The zero-order valence-electron chi connectivity index (χ0n) is 42.5. The van der Waals surface area contributed by atoms with Crippen molar-refractivity contribution in [2.75, 3.05) is 16.8 Å². The monoisotopic (exact) mass is 1070 g/mol. The van der Waals surface area contributed by atoms with Gasteiger partial charge in [0, 0.05) is 46.8 Å². The lowest BCUT2D eigenvalue weighted by Gasteiger charge is -2.49. The summed E-state index contributed by atoms with van der Waals surface area (Å²) in [5.41, 5.74) is 2.01. The molecule has 5 aromatic carbocycles. The number of nitrogens with one attached hydrogen (secondary N) is 2. The molecule has 16 heteroatoms. The molecule has 1 saturated carbocycles. The number of β-lactam (4-membered cyclic amide) rings is 1. The number of hydrogen-bond donors (Lipinski definition) is 2. The van der Waals surface area contributed by atoms with Crippen LogP contribution in [0.1, 0.15) is 79.6 Å². The third kappa shape index (κ3) is 10.9. The number of aromatic nitrogens is 2. The van der Waals surface area contributed by atoms with E-state index in [1.165, 1.54) is 28.0 Å². The maximum atomic E-state index is 15.0. The van der Waals surface area contributed by atoms with Crippen molar-refractivity contribution in [1.82, 2.24) is 15.2 Å². The highest BCUT2D eigenvalue weighted by atomic mass is 32.2. The fraction of sp³-hybridized carbons (Fsp3) is 0.250. The predicted molar refractivity (Wildman–Crippen MR) is 296 cm³/mol. The van der Waals surface area contributed by atoms with Crippen LogP contribution in [0, 0.1) is 0 Å². The van der Waals surface area contributed by atoms with Gasteiger partial charge in [0.15, 0.2) is 29.3 Å². The van der Waals surface area contributed by atoms with Gasteiger partial charge in [-0.3, -0.25) is 14.5 Å². The number of hydrogen-bond acceptors (Lipinski definition) is 13. The second-order valence-electron chi connectivity index (χ2n) is 19.8. The molecule has 3 aliphatic rings. The highest BCUT2D eigenvalue weighted by Gasteiger charge is 2.55. The smallest absolute Gasteiger partial charge is 0.356 e. The number of carbonyl (C=O) groups excluding carboxylic acids is 4. The van der Waals surface area contributed by atoms with E-state index in [2.05, 4.69) is 52.2 Å². The van der Waals surface area contributed by atoms with Gasteiger partial charge in [-0.15, -0.1) is 34.9 Å². The number of aryl methyl sites for hydroxylation is 1. The number of benzene rings is 5. The lowest BCUT2D eigenvalue weighted by Crippen LogP contribution is -2.71. The summed E-state index contributed by atoms with van der Waals surface area (Å²) in [6, 6.07) is 52.1. The lowest BCUT2D eigenvalue weighted by molar-refractivity contribution is -0.671. The normalized spacial score (nSPS) is 17.2. The number of amides is 2. The van der Waals surface area contributed by atoms with Gasteiger partial charge in [-0.1, -0.05) is 157 Å². The molecule has 2 atom stereocenters. The molecule has 4 heterocycles. The van der Waals surface area contributed by atoms with Crippen molar-refractivity contribution in [1.29, 1.82) is 0 Å². The highest BCUT2D eigenvalue weighted by molar-refractivity contribution is 8.01. The molecular weight excluding hydrogens is 1010 g/mol. The van der Waals surface area contributed by atoms with Crippen LogP contribution >= 0.6 is 34.9 Å². The number of esters is 2. The minimum atomic E-state index is -1.43. The molecule has 2 amide bonds. The van der Waals surface area contributed by atoms with Crippen molar-refractivity contribution in [3.05, 3.63) is 226 Å². The van der Waals surface area contributed by atoms with Gasteiger partial charge in [0.25, 0.3) is 11.8 Å². The summed E-state index contributed by atoms with van der Waals surface area (Å²) >= 11 is 4.27. The summed E-state index contributed by atoms with van der Waals surface area (Å²) in [5, 5.41) is 12.7. The molecule has 13 nitrogen and oxygen atoms in total. The minimum absolute atomic E-state index is 0.150. The highest BCUT2D eigenvalue weighted by Crippen LogP contribution is 2.45. The van der Waals surface area contributed by atoms with E-state index in [1.54, 1.807) is 37.9 Å². The number of pyridine rings is 1. The maximum absolute atomic E-state index is 15.0. The Morgan fingerprint density at radius 1 is 0.803 bits per heavy atom. The van der Waals surface area contributed by atoms with E-state index in [1.807, 2.05) is 151 Å². The summed E-state index contributed by atoms with van der Waals surface area (Å²) in [7, 11) is 1.95. The fourth-order valence-corrected chi connectivity index (χ4v) is 12.5. The van der Waals surface area contributed by atoms with E-state index in [-0.39, 0.29) is 17.1 Å². The average molecular weight is 1070 g/mol. The predicted octanol–water partition coefficient (Wildman–Crippen LogP) is 10.1. The van der Waals surface area contributed by atoms with E-state index in [0.717, 1.165) is 38.3 Å². The number of carbonyl (C=O) groups is 4. The first kappa shape index (κ1) is 51.9. The summed E-state index contributed by atoms with van der Waals surface area (Å²) in [6.07, 6.45) is 4.49. The molecule has 2 aliphatic heterocycles. The molecule has 0 radical (unpaired) electrons. The van der Waals surface area contributed by atoms with Crippen molar-refractivity contribution >= 4 is 69.5 Å². The molecule has 2 N–H and O–H groups in total. The zero-order chi connectivity index (χ0) is 52.9. The molecule has 1 saturated heterocycles. The number of oxime groups is 1. The van der Waals surface area contributed by atoms with Gasteiger partial charge in [0.05, 0.1) is 0 Å². The Hall–Kier alpha value is -7.53. The fourth-order valence-electron chi connectivity index (χ4n) is 9.41. The zero-order valence-corrected chi connectivity index (χ0v) is 44.9. The third-order valence-electron chi connectivity index (χ3n) is 13.4. The molecular formula is C60H57N6O7S3+. The van der Waals surface area contributed by atoms with Gasteiger partial charge in [0.1, 0.15) is 41.0 Å². The molecule has 386 valence electrons. The number of ether oxygens (including phenoxy) is 2. The van der Waals surface area contributed by atoms with Gasteiger partial charge >= 0.3 is 11.9 Å². The first-order chi connectivity index (χ1) is 36.8. The van der Waals surface area contributed by atoms with E-state index < -0.39 is 58.0 Å². The maximum Gasteiger partial charge on any atom is 0.356 e. The van der Waals surface area contributed by atoms with Crippen LogP contribution in [0.2, 0.25) is 0 Å². The number of nitrogens with zero attached hydrogens (tertiary/aromatic N) is 4. The van der Waals surface area contributed by atoms with E-state index in [4.69, 9.17) is 19.3 Å². The Labute approximate surface area is 454 Å². The first-order valence-electron chi connectivity index (χ1n) is 25.1. The molecule has 0 bridgehead atoms. The molecule has 10 rings (SSSR count). The van der Waals surface area contributed by atoms with Crippen molar-refractivity contribution in [3.8, 4) is 0 Å². The van der Waals surface area contributed by atoms with Gasteiger partial charge in [-0.25, -0.2) is 19.1 Å². The van der Waals surface area contributed by atoms with Crippen molar-refractivity contribution < 1.29 is 38.1 Å². The van der Waals surface area contributed by atoms with E-state index in [9.17, 15) is 19.2 Å². The quantitative estimate of drug-likeness (QED) is 0.0161. The van der Waals surface area contributed by atoms with Gasteiger partial charge < -0.3 is 24.9 Å². The van der Waals surface area contributed by atoms with Crippen LogP contribution < -0.4 is 15.2 Å². The standard InChI is InChI=1S/C60H56N6O7S3/c1-58(2,3)72-56(70)59(33-20-34-59)73-64-48(47-39-76-57(61-47)63-60(43-25-14-7-15-26-43,44-27-16-8-17-28-44)45-29-18-9-19-30-45)52(67)62-49-53(68)66-50(42(38-75-54(49)66)37-74-46-31-35-65(4)36-32-46)55(69)71-51(40-21-10-5-11-22-40)41-23-12-6-13-24-41/h5-19,21-32,35-36,39,49,51,54H,20,33-34,37-38H2,1-4H3,(H-,61,62,63,67)/p+1/t49-,54-/m1/s1. The largest absolute Gasteiger partial charge is 0.457 e. The summed E-state index contributed by atoms with van der Waals surface area (Å²) in [4.78, 5) is 71.9. The van der Waals surface area contributed by atoms with Crippen LogP contribution in [-0.4, -0.2) is 73.5 Å². The van der Waals surface area contributed by atoms with Crippen molar-refractivity contribution in [3.63, 3.8) is 0 Å². The second-order valence-corrected chi connectivity index (χ2v) is 22.8. The van der Waals surface area contributed by atoms with Gasteiger partial charge in [-0.2, -0.15) is 0 Å². The van der Waals surface area contributed by atoms with Crippen LogP contribution in [-0.2, 0) is 46.1 Å². The Bertz CT molecular complexity index is 3120. The Kier molecular flexibility index (Phi) is 15.3. The van der Waals surface area contributed by atoms with Crippen LogP contribution in [0.5, 0.6) is 0 Å². The number of rotatable bonds is 18. The topological polar surface area (TPSA) is 152 Å². The summed E-state index contributed by atoms with van der Waals surface area (Å²) in [5.74, 6) is -1.69. The van der Waals surface area contributed by atoms with Crippen LogP contribution in [0.15, 0.2) is 203 Å². The number of fused-ring (bicyclic) bond motifs is 1. The number of thiazole rings is 1. The number of anilines is 1. The average Bonchev–Trinajstić information content (AvgIpc) is 3.96. The second kappa shape index (κ2) is 22.4. The molecule has 7 aromatic rings. The molecule has 2 fully saturated rings. The van der Waals surface area contributed by atoms with Gasteiger partial charge in [0.2, 0.25) is 5.60 Å². The Balaban J connectivity index is 0.978. The SMILES string of the molecule is C[n+]1ccc(SCC2=C(C(=O)OC(c3ccccc3)c3ccccc3)N3C(=O)[C@@H](NC(=O)C(=NOC4(C(=O)OC(C)(C)C)CCC4)c4csc(NC(c5ccccc5)(c5ccccc5)c5ccccc5)n4)[C@H]3SC2)cc1. The van der Waals surface area contributed by atoms with Crippen LogP contribution in [0.25, 0.3) is 0 Å². The number of thioether (sulfide) groups is 2. The molecule has 1 aliphatic carbocycles. The van der Waals surface area contributed by atoms with E-state index in [0.29, 0.717) is 35.9 Å². The van der Waals surface area contributed by atoms with Crippen molar-refractivity contribution in [2.24, 2.45) is 12.2 Å². The Morgan fingerprint density at radius 2 is 1.34 bits per heavy atom. The minimum Gasteiger partial charge on any atom is -0.457 e. The summed E-state index contributed by atoms with van der Waals surface area (Å²) < 4.78 is 14.2. The molecule has 76 heavy (non-hydrogen) atoms. The van der Waals surface area contributed by atoms with Crippen LogP contribution in [0.4, 0.5) is 5.13 Å². The van der Waals surface area contributed by atoms with Crippen LogP contribution in [0.3, 0.4) is 0 Å². The molecule has 0 unspecified atom stereocenters. The molecule has 2 aromatic heterocycles. The van der Waals surface area contributed by atoms with Crippen molar-refractivity contribution in [2.45, 2.75) is 79.2 Å². The molecule has 0 spiro atoms. The lowest BCUT2D eigenvalue weighted by atomic mass is 9.77. The van der Waals surface area contributed by atoms with Gasteiger partial charge in [-0.05, 0) is 60.6 Å². The third-order valence-corrected chi connectivity index (χ3v) is 16.6. The first-order valence-corrected chi connectivity index (χ1v) is 28.0. The summed E-state index contributed by atoms with van der Waals surface area (Å²) in [6.45, 7) is 5.34. The Morgan fingerprint density at radius 3 is 1.86 bits per heavy atom.